The summed E-state index contributed by atoms with van der Waals surface area (Å²) in [6.07, 6.45) is 28.1. The summed E-state index contributed by atoms with van der Waals surface area (Å²) in [5.41, 5.74) is 0. The van der Waals surface area contributed by atoms with E-state index in [1.807, 2.05) is 0 Å². The van der Waals surface area contributed by atoms with Gasteiger partial charge in [-0.3, -0.25) is 0 Å². The zero-order valence-electron chi connectivity index (χ0n) is 30.2. The van der Waals surface area contributed by atoms with Crippen LogP contribution in [-0.2, 0) is 25.8 Å². The number of unbranched alkanes of at least 4 members (excludes halogenated alkanes) is 12. The van der Waals surface area contributed by atoms with Gasteiger partial charge in [-0.25, -0.2) is 0 Å². The molecule has 0 fully saturated rings. The second-order valence-electron chi connectivity index (χ2n) is 12.9. The van der Waals surface area contributed by atoms with Gasteiger partial charge in [-0.1, -0.05) is 133 Å². The number of benzene rings is 2. The third kappa shape index (κ3) is 18.2. The van der Waals surface area contributed by atoms with Crippen LogP contribution in [0.1, 0.15) is 130 Å². The molecule has 0 aliphatic carbocycles. The first-order valence-corrected chi connectivity index (χ1v) is 21.9. The first-order valence-electron chi connectivity index (χ1n) is 18.5. The Morgan fingerprint density at radius 1 is 0.426 bits per heavy atom. The van der Waals surface area contributed by atoms with Crippen LogP contribution >= 0.6 is 15.8 Å². The molecule has 0 amide bonds. The standard InChI is InChI=1S/2C21H32P.2ClH.Hf/c2*1-3-5-7-11-15-22(16-12-8-6-4-2)21-17-19-13-9-10-14-20(19)18-21;;;/h2*9-10,13-14,17-18H,3-8,11-12,15-16H2,1-2H3;2*1H;/q2*-1;;;+4/p-2. The van der Waals surface area contributed by atoms with E-state index in [4.69, 9.17) is 0 Å². The van der Waals surface area contributed by atoms with Crippen molar-refractivity contribution >= 4 is 48.0 Å². The van der Waals surface area contributed by atoms with Crippen molar-refractivity contribution in [3.8, 4) is 0 Å². The summed E-state index contributed by atoms with van der Waals surface area (Å²) in [5.74, 6) is 0. The SMILES string of the molecule is CCCCCCP(CCCCCC)c1cc2ccccc2[cH-]1.CCCCCCP(CCCCCC)c1cc2ccccc2[cH-]1.[Cl-].[Cl-].[Hf+4]. The molecule has 0 nitrogen and oxygen atoms in total. The number of hydrogen-bond donors (Lipinski definition) is 0. The molecule has 5 heteroatoms. The molecule has 0 saturated carbocycles. The second-order valence-corrected chi connectivity index (χ2v) is 17.9. The van der Waals surface area contributed by atoms with Gasteiger partial charge >= 0.3 is 25.8 Å². The van der Waals surface area contributed by atoms with Gasteiger partial charge in [0.25, 0.3) is 0 Å². The minimum Gasteiger partial charge on any atom is -1.00 e. The third-order valence-electron chi connectivity index (χ3n) is 9.06. The summed E-state index contributed by atoms with van der Waals surface area (Å²) in [7, 11) is 0.128. The minimum absolute atomic E-state index is 0. The number of fused-ring (bicyclic) bond motifs is 2. The maximum atomic E-state index is 2.47. The molecule has 0 unspecified atom stereocenters. The fourth-order valence-corrected chi connectivity index (χ4v) is 11.5. The molecule has 0 aliphatic rings. The van der Waals surface area contributed by atoms with E-state index < -0.39 is 0 Å². The van der Waals surface area contributed by atoms with Crippen LogP contribution in [0.4, 0.5) is 0 Å². The van der Waals surface area contributed by atoms with Crippen molar-refractivity contribution in [2.75, 3.05) is 24.6 Å². The van der Waals surface area contributed by atoms with E-state index in [0.29, 0.717) is 0 Å². The number of hydrogen-bond acceptors (Lipinski definition) is 0. The zero-order valence-corrected chi connectivity index (χ0v) is 37.1. The van der Waals surface area contributed by atoms with Gasteiger partial charge in [-0.2, -0.15) is 12.1 Å². The van der Waals surface area contributed by atoms with Crippen LogP contribution in [0.5, 0.6) is 0 Å². The van der Waals surface area contributed by atoms with Crippen molar-refractivity contribution in [3.63, 3.8) is 0 Å². The molecule has 0 radical (unpaired) electrons. The summed E-state index contributed by atoms with van der Waals surface area (Å²) < 4.78 is 0. The maximum absolute atomic E-state index is 2.47. The molecule has 0 bridgehead atoms. The van der Waals surface area contributed by atoms with E-state index in [1.54, 1.807) is 10.6 Å². The topological polar surface area (TPSA) is 0 Å². The molecule has 4 aromatic rings. The number of rotatable bonds is 22. The van der Waals surface area contributed by atoms with E-state index in [-0.39, 0.29) is 66.5 Å². The number of halogens is 2. The molecule has 4 rings (SSSR count). The molecular formula is C42H64Cl2HfP2. The van der Waals surface area contributed by atoms with E-state index in [1.165, 1.54) is 149 Å². The van der Waals surface area contributed by atoms with Crippen molar-refractivity contribution in [1.29, 1.82) is 0 Å². The maximum Gasteiger partial charge on any atom is 4.00 e. The molecule has 260 valence electrons. The fraction of sp³-hybridized carbons (Fsp3) is 0.571. The van der Waals surface area contributed by atoms with Crippen molar-refractivity contribution in [3.05, 3.63) is 72.8 Å². The monoisotopic (exact) mass is 880 g/mol. The van der Waals surface area contributed by atoms with Gasteiger partial charge in [-0.15, -0.1) is 80.7 Å². The van der Waals surface area contributed by atoms with Gasteiger partial charge in [0.15, 0.2) is 0 Å². The van der Waals surface area contributed by atoms with Crippen LogP contribution in [-0.4, -0.2) is 24.6 Å². The van der Waals surface area contributed by atoms with Crippen LogP contribution in [0.15, 0.2) is 72.8 Å². The first-order chi connectivity index (χ1) is 21.7. The third-order valence-corrected chi connectivity index (χ3v) is 14.5. The Kier molecular flexibility index (Phi) is 29.7. The molecule has 0 saturated heterocycles. The first kappa shape index (κ1) is 47.0. The van der Waals surface area contributed by atoms with Crippen LogP contribution in [0.25, 0.3) is 21.5 Å². The summed E-state index contributed by atoms with van der Waals surface area (Å²) in [4.78, 5) is 0. The Morgan fingerprint density at radius 2 is 0.723 bits per heavy atom. The molecule has 0 spiro atoms. The molecule has 0 heterocycles. The van der Waals surface area contributed by atoms with Crippen LogP contribution < -0.4 is 35.4 Å². The quantitative estimate of drug-likeness (QED) is 0.0330. The zero-order chi connectivity index (χ0) is 31.2. The van der Waals surface area contributed by atoms with E-state index >= 15 is 0 Å². The molecule has 0 atom stereocenters. The van der Waals surface area contributed by atoms with Crippen molar-refractivity contribution < 1.29 is 50.7 Å². The van der Waals surface area contributed by atoms with E-state index in [9.17, 15) is 0 Å². The van der Waals surface area contributed by atoms with E-state index in [0.717, 1.165) is 0 Å². The second kappa shape index (κ2) is 29.7. The van der Waals surface area contributed by atoms with Gasteiger partial charge in [0.05, 0.1) is 0 Å². The predicted octanol–water partition coefficient (Wildman–Crippen LogP) is 7.66. The Balaban J connectivity index is 0.000000846. The normalized spacial score (nSPS) is 10.9. The fourth-order valence-electron chi connectivity index (χ4n) is 6.29. The average Bonchev–Trinajstić information content (AvgIpc) is 3.68. The molecule has 0 aliphatic heterocycles. The van der Waals surface area contributed by atoms with Crippen molar-refractivity contribution in [2.45, 2.75) is 130 Å². The van der Waals surface area contributed by atoms with Crippen molar-refractivity contribution in [2.24, 2.45) is 0 Å². The van der Waals surface area contributed by atoms with Gasteiger partial charge in [0.1, 0.15) is 0 Å². The molecule has 0 N–H and O–H groups in total. The molecular weight excluding hydrogens is 816 g/mol. The van der Waals surface area contributed by atoms with Crippen LogP contribution in [0.3, 0.4) is 0 Å². The molecule has 4 aromatic carbocycles. The Hall–Kier alpha value is -0.0299. The van der Waals surface area contributed by atoms with Crippen molar-refractivity contribution in [1.82, 2.24) is 0 Å². The van der Waals surface area contributed by atoms with Gasteiger partial charge in [0.2, 0.25) is 0 Å². The Bertz CT molecular complexity index is 1080. The summed E-state index contributed by atoms with van der Waals surface area (Å²) in [5, 5.41) is 9.06. The predicted molar refractivity (Wildman–Crippen MR) is 208 cm³/mol. The minimum atomic E-state index is 0. The molecule has 0 aromatic heterocycles. The van der Waals surface area contributed by atoms with Crippen LogP contribution in [0, 0.1) is 0 Å². The molecule has 47 heavy (non-hydrogen) atoms. The van der Waals surface area contributed by atoms with Gasteiger partial charge in [0, 0.05) is 0 Å². The Morgan fingerprint density at radius 3 is 1.00 bits per heavy atom. The average molecular weight is 880 g/mol. The van der Waals surface area contributed by atoms with Gasteiger partial charge in [-0.05, 0) is 50.3 Å². The largest absolute Gasteiger partial charge is 4.00 e. The van der Waals surface area contributed by atoms with E-state index in [2.05, 4.69) is 100 Å². The summed E-state index contributed by atoms with van der Waals surface area (Å²) >= 11 is 0. The Labute approximate surface area is 324 Å². The van der Waals surface area contributed by atoms with Gasteiger partial charge < -0.3 is 24.8 Å². The van der Waals surface area contributed by atoms with Crippen LogP contribution in [0.2, 0.25) is 0 Å². The smallest absolute Gasteiger partial charge is 1.00 e. The summed E-state index contributed by atoms with van der Waals surface area (Å²) in [6, 6.07) is 27.6. The summed E-state index contributed by atoms with van der Waals surface area (Å²) in [6.45, 7) is 9.21.